The highest BCUT2D eigenvalue weighted by Gasteiger charge is 2.13. The highest BCUT2D eigenvalue weighted by molar-refractivity contribution is 5.82. The van der Waals surface area contributed by atoms with Gasteiger partial charge in [0.25, 0.3) is 0 Å². The molecule has 0 aliphatic carbocycles. The van der Waals surface area contributed by atoms with Gasteiger partial charge in [0.15, 0.2) is 0 Å². The van der Waals surface area contributed by atoms with Gasteiger partial charge in [-0.1, -0.05) is 13.8 Å². The molecule has 162 valence electrons. The van der Waals surface area contributed by atoms with Crippen molar-refractivity contribution in [2.75, 3.05) is 13.7 Å². The lowest BCUT2D eigenvalue weighted by Crippen LogP contribution is -2.09. The van der Waals surface area contributed by atoms with Gasteiger partial charge in [-0.25, -0.2) is 4.39 Å². The molecule has 0 fully saturated rings. The summed E-state index contributed by atoms with van der Waals surface area (Å²) in [7, 11) is 1.62. The van der Waals surface area contributed by atoms with Gasteiger partial charge in [-0.15, -0.1) is 0 Å². The number of esters is 1. The Morgan fingerprint density at radius 3 is 2.57 bits per heavy atom. The normalized spacial score (nSPS) is 10.5. The fourth-order valence-electron chi connectivity index (χ4n) is 3.11. The summed E-state index contributed by atoms with van der Waals surface area (Å²) in [5.41, 5.74) is 3.22. The monoisotopic (exact) mass is 416 g/mol. The number of halogens is 1. The molecule has 0 atom stereocenters. The van der Waals surface area contributed by atoms with E-state index in [4.69, 9.17) is 18.6 Å². The standard InChI is InChI=1S/C22H23FO5.C2H6/c1-4-26-21(24)11-16-9-18(23)5-6-20(16)27-12-15-7-14(2)22-17(8-15)10-19(28-22)13-25-3;1-2/h5-10H,4,11-13H2,1-3H3;1-2H3. The number of hydrogen-bond acceptors (Lipinski definition) is 5. The van der Waals surface area contributed by atoms with Gasteiger partial charge in [0.05, 0.1) is 13.0 Å². The Labute approximate surface area is 176 Å². The van der Waals surface area contributed by atoms with E-state index in [1.165, 1.54) is 18.2 Å². The van der Waals surface area contributed by atoms with Crippen LogP contribution in [0.3, 0.4) is 0 Å². The third-order valence-electron chi connectivity index (χ3n) is 4.26. The quantitative estimate of drug-likeness (QED) is 0.439. The lowest BCUT2D eigenvalue weighted by Gasteiger charge is -2.12. The van der Waals surface area contributed by atoms with Crippen molar-refractivity contribution in [2.45, 2.75) is 47.3 Å². The van der Waals surface area contributed by atoms with Crippen LogP contribution in [0.5, 0.6) is 5.75 Å². The van der Waals surface area contributed by atoms with Crippen LogP contribution in [0.15, 0.2) is 40.8 Å². The van der Waals surface area contributed by atoms with E-state index in [9.17, 15) is 9.18 Å². The minimum absolute atomic E-state index is 0.0406. The predicted octanol–water partition coefficient (Wildman–Crippen LogP) is 5.74. The largest absolute Gasteiger partial charge is 0.489 e. The highest BCUT2D eigenvalue weighted by atomic mass is 19.1. The maximum Gasteiger partial charge on any atom is 0.310 e. The zero-order valence-corrected chi connectivity index (χ0v) is 18.2. The second kappa shape index (κ2) is 11.4. The Morgan fingerprint density at radius 1 is 1.10 bits per heavy atom. The van der Waals surface area contributed by atoms with E-state index in [0.29, 0.717) is 17.9 Å². The summed E-state index contributed by atoms with van der Waals surface area (Å²) in [6, 6.07) is 10.1. The third kappa shape index (κ3) is 6.07. The van der Waals surface area contributed by atoms with Gasteiger partial charge in [0.2, 0.25) is 0 Å². The molecule has 3 aromatic rings. The smallest absolute Gasteiger partial charge is 0.310 e. The first kappa shape index (κ1) is 23.4. The molecule has 6 heteroatoms. The van der Waals surface area contributed by atoms with Crippen LogP contribution in [-0.2, 0) is 33.9 Å². The number of fused-ring (bicyclic) bond motifs is 1. The van der Waals surface area contributed by atoms with E-state index >= 15 is 0 Å². The van der Waals surface area contributed by atoms with Gasteiger partial charge in [-0.2, -0.15) is 0 Å². The van der Waals surface area contributed by atoms with E-state index in [1.807, 2.05) is 39.0 Å². The van der Waals surface area contributed by atoms with E-state index < -0.39 is 11.8 Å². The Bertz CT molecular complexity index is 977. The Morgan fingerprint density at radius 2 is 1.87 bits per heavy atom. The fraction of sp³-hybridized carbons (Fsp3) is 0.375. The number of ether oxygens (including phenoxy) is 3. The summed E-state index contributed by atoms with van der Waals surface area (Å²) in [5, 5.41) is 0.969. The van der Waals surface area contributed by atoms with Gasteiger partial charge in [-0.05, 0) is 61.4 Å². The van der Waals surface area contributed by atoms with Crippen LogP contribution in [0.4, 0.5) is 4.39 Å². The Balaban J connectivity index is 0.00000155. The molecule has 30 heavy (non-hydrogen) atoms. The van der Waals surface area contributed by atoms with Gasteiger partial charge in [0.1, 0.15) is 36.1 Å². The molecule has 0 amide bonds. The Kier molecular flexibility index (Phi) is 8.87. The minimum Gasteiger partial charge on any atom is -0.489 e. The molecule has 0 bridgehead atoms. The molecule has 5 nitrogen and oxygen atoms in total. The number of methoxy groups -OCH3 is 1. The van der Waals surface area contributed by atoms with E-state index in [-0.39, 0.29) is 19.6 Å². The lowest BCUT2D eigenvalue weighted by molar-refractivity contribution is -0.142. The molecule has 0 radical (unpaired) electrons. The van der Waals surface area contributed by atoms with Crippen LogP contribution in [0.1, 0.15) is 43.2 Å². The molecule has 0 spiro atoms. The fourth-order valence-corrected chi connectivity index (χ4v) is 3.11. The summed E-state index contributed by atoms with van der Waals surface area (Å²) in [4.78, 5) is 11.8. The van der Waals surface area contributed by atoms with Crippen LogP contribution in [-0.4, -0.2) is 19.7 Å². The molecule has 1 heterocycles. The lowest BCUT2D eigenvalue weighted by atomic mass is 10.1. The predicted molar refractivity (Wildman–Crippen MR) is 114 cm³/mol. The van der Waals surface area contributed by atoms with Gasteiger partial charge >= 0.3 is 5.97 Å². The van der Waals surface area contributed by atoms with Crippen molar-refractivity contribution in [3.63, 3.8) is 0 Å². The number of carbonyl (C=O) groups is 1. The average molecular weight is 416 g/mol. The maximum absolute atomic E-state index is 13.6. The molecule has 0 N–H and O–H groups in total. The molecule has 2 aromatic carbocycles. The molecule has 1 aromatic heterocycles. The first-order valence-electron chi connectivity index (χ1n) is 10.1. The average Bonchev–Trinajstić information content (AvgIpc) is 3.12. The van der Waals surface area contributed by atoms with Crippen molar-refractivity contribution in [1.82, 2.24) is 0 Å². The van der Waals surface area contributed by atoms with Crippen LogP contribution in [0.2, 0.25) is 0 Å². The number of furan rings is 1. The first-order valence-corrected chi connectivity index (χ1v) is 10.1. The number of carbonyl (C=O) groups excluding carboxylic acids is 1. The maximum atomic E-state index is 13.6. The van der Waals surface area contributed by atoms with Crippen LogP contribution >= 0.6 is 0 Å². The van der Waals surface area contributed by atoms with E-state index in [0.717, 1.165) is 27.9 Å². The molecule has 0 saturated carbocycles. The van der Waals surface area contributed by atoms with E-state index in [1.54, 1.807) is 14.0 Å². The SMILES string of the molecule is CC.CCOC(=O)Cc1cc(F)ccc1OCc1cc(C)c2oc(COC)cc2c1. The van der Waals surface area contributed by atoms with E-state index in [2.05, 4.69) is 0 Å². The second-order valence-electron chi connectivity index (χ2n) is 6.50. The van der Waals surface area contributed by atoms with Crippen molar-refractivity contribution < 1.29 is 27.8 Å². The molecular formula is C24H29FO5. The molecular weight excluding hydrogens is 387 g/mol. The topological polar surface area (TPSA) is 57.9 Å². The highest BCUT2D eigenvalue weighted by Crippen LogP contribution is 2.27. The van der Waals surface area contributed by atoms with Crippen LogP contribution < -0.4 is 4.74 Å². The molecule has 0 aliphatic rings. The van der Waals surface area contributed by atoms with Crippen molar-refractivity contribution >= 4 is 16.9 Å². The summed E-state index contributed by atoms with van der Waals surface area (Å²) in [6.07, 6.45) is -0.0406. The van der Waals surface area contributed by atoms with Crippen molar-refractivity contribution in [2.24, 2.45) is 0 Å². The van der Waals surface area contributed by atoms with Gasteiger partial charge < -0.3 is 18.6 Å². The van der Waals surface area contributed by atoms with Gasteiger partial charge in [0, 0.05) is 18.1 Å². The number of rotatable bonds is 8. The number of hydrogen-bond donors (Lipinski definition) is 0. The van der Waals surface area contributed by atoms with Crippen LogP contribution in [0.25, 0.3) is 11.0 Å². The summed E-state index contributed by atoms with van der Waals surface area (Å²) >= 11 is 0. The minimum atomic E-state index is -0.423. The zero-order chi connectivity index (χ0) is 22.1. The summed E-state index contributed by atoms with van der Waals surface area (Å²) in [5.74, 6) is 0.376. The second-order valence-corrected chi connectivity index (χ2v) is 6.50. The first-order chi connectivity index (χ1) is 14.5. The molecule has 0 saturated heterocycles. The number of benzene rings is 2. The molecule has 0 unspecified atom stereocenters. The zero-order valence-electron chi connectivity index (χ0n) is 18.2. The summed E-state index contributed by atoms with van der Waals surface area (Å²) in [6.45, 7) is 8.67. The van der Waals surface area contributed by atoms with Crippen LogP contribution in [0, 0.1) is 12.7 Å². The summed E-state index contributed by atoms with van der Waals surface area (Å²) < 4.78 is 35.4. The third-order valence-corrected chi connectivity index (χ3v) is 4.26. The van der Waals surface area contributed by atoms with Crippen molar-refractivity contribution in [1.29, 1.82) is 0 Å². The van der Waals surface area contributed by atoms with Crippen molar-refractivity contribution in [3.8, 4) is 5.75 Å². The molecule has 0 aliphatic heterocycles. The van der Waals surface area contributed by atoms with Gasteiger partial charge in [-0.3, -0.25) is 4.79 Å². The van der Waals surface area contributed by atoms with Crippen molar-refractivity contribution in [3.05, 3.63) is 64.7 Å². The molecule has 3 rings (SSSR count). The Hall–Kier alpha value is -2.86. The number of aryl methyl sites for hydroxylation is 1.